The molecular formula is C52H52IrN2-2. The molecule has 1 radical (unpaired) electrons. The molecule has 0 aliphatic heterocycles. The Bertz CT molecular complexity index is 2400. The minimum absolute atomic E-state index is 0. The van der Waals surface area contributed by atoms with Gasteiger partial charge in [-0.1, -0.05) is 124 Å². The van der Waals surface area contributed by atoms with E-state index in [9.17, 15) is 0 Å². The van der Waals surface area contributed by atoms with E-state index in [1.165, 1.54) is 60.8 Å². The maximum absolute atomic E-state index is 4.90. The van der Waals surface area contributed by atoms with Crippen LogP contribution in [0.15, 0.2) is 128 Å². The monoisotopic (exact) mass is 897 g/mol. The van der Waals surface area contributed by atoms with Crippen molar-refractivity contribution >= 4 is 10.8 Å². The molecule has 55 heavy (non-hydrogen) atoms. The molecule has 2 aromatic heterocycles. The van der Waals surface area contributed by atoms with Crippen LogP contribution in [0.2, 0.25) is 0 Å². The van der Waals surface area contributed by atoms with Gasteiger partial charge in [-0.05, 0) is 102 Å². The molecule has 0 atom stereocenters. The fourth-order valence-electron chi connectivity index (χ4n) is 7.70. The quantitative estimate of drug-likeness (QED) is 0.165. The summed E-state index contributed by atoms with van der Waals surface area (Å²) >= 11 is 0. The average Bonchev–Trinajstić information content (AvgIpc) is 3.39. The molecule has 281 valence electrons. The van der Waals surface area contributed by atoms with E-state index in [-0.39, 0.29) is 36.4 Å². The summed E-state index contributed by atoms with van der Waals surface area (Å²) < 4.78 is 0. The fourth-order valence-corrected chi connectivity index (χ4v) is 7.70. The molecule has 0 saturated carbocycles. The van der Waals surface area contributed by atoms with Crippen LogP contribution in [0.5, 0.6) is 0 Å². The van der Waals surface area contributed by atoms with Gasteiger partial charge < -0.3 is 9.97 Å². The third kappa shape index (κ3) is 8.02. The first-order valence-electron chi connectivity index (χ1n) is 19.3. The maximum Gasteiger partial charge on any atom is 0.0167 e. The molecule has 0 unspecified atom stereocenters. The number of fused-ring (bicyclic) bond motifs is 4. The van der Waals surface area contributed by atoms with Crippen LogP contribution in [0.25, 0.3) is 55.5 Å². The molecule has 7 aromatic rings. The molecule has 0 N–H and O–H groups in total. The minimum Gasteiger partial charge on any atom is -0.305 e. The van der Waals surface area contributed by atoms with Crippen LogP contribution in [-0.4, -0.2) is 9.97 Å². The SMILES string of the molecule is CC(C)(C)c1cc[c-]c(-c2cc(C(C)(C)C)ccn2)c1.CC(C)c1cc[c-]c(-c2nccc3c2C(C)(C)c2cc4c(-c5ccccc5)cccc4cc2-3)c1.[Ir]. The smallest absolute Gasteiger partial charge is 0.0167 e. The van der Waals surface area contributed by atoms with Gasteiger partial charge in [0.2, 0.25) is 0 Å². The van der Waals surface area contributed by atoms with Crippen LogP contribution in [0.3, 0.4) is 0 Å². The third-order valence-corrected chi connectivity index (χ3v) is 11.0. The van der Waals surface area contributed by atoms with Crippen molar-refractivity contribution in [3.05, 3.63) is 168 Å². The molecule has 0 bridgehead atoms. The molecule has 0 amide bonds. The Morgan fingerprint density at radius 1 is 0.600 bits per heavy atom. The van der Waals surface area contributed by atoms with Crippen LogP contribution >= 0.6 is 0 Å². The Labute approximate surface area is 342 Å². The summed E-state index contributed by atoms with van der Waals surface area (Å²) in [6.07, 6.45) is 3.85. The van der Waals surface area contributed by atoms with Gasteiger partial charge in [0, 0.05) is 37.9 Å². The molecule has 1 aliphatic rings. The first kappa shape index (κ1) is 40.0. The predicted molar refractivity (Wildman–Crippen MR) is 229 cm³/mol. The van der Waals surface area contributed by atoms with Crippen molar-refractivity contribution < 1.29 is 20.1 Å². The summed E-state index contributed by atoms with van der Waals surface area (Å²) in [5.74, 6) is 0.469. The van der Waals surface area contributed by atoms with Gasteiger partial charge in [0.1, 0.15) is 0 Å². The van der Waals surface area contributed by atoms with Crippen molar-refractivity contribution in [2.75, 3.05) is 0 Å². The molecule has 0 spiro atoms. The van der Waals surface area contributed by atoms with Gasteiger partial charge in [0.25, 0.3) is 0 Å². The zero-order valence-corrected chi connectivity index (χ0v) is 36.3. The second-order valence-corrected chi connectivity index (χ2v) is 17.6. The van der Waals surface area contributed by atoms with Crippen LogP contribution in [0.4, 0.5) is 0 Å². The number of pyridine rings is 2. The van der Waals surface area contributed by atoms with Gasteiger partial charge in [-0.2, -0.15) is 0 Å². The third-order valence-electron chi connectivity index (χ3n) is 11.0. The number of hydrogen-bond donors (Lipinski definition) is 0. The largest absolute Gasteiger partial charge is 0.305 e. The van der Waals surface area contributed by atoms with Crippen LogP contribution in [0, 0.1) is 12.1 Å². The van der Waals surface area contributed by atoms with E-state index in [1.54, 1.807) is 0 Å². The average molecular weight is 897 g/mol. The summed E-state index contributed by atoms with van der Waals surface area (Å²) in [6.45, 7) is 22.5. The van der Waals surface area contributed by atoms with Gasteiger partial charge >= 0.3 is 0 Å². The van der Waals surface area contributed by atoms with E-state index in [0.717, 1.165) is 22.5 Å². The van der Waals surface area contributed by atoms with Crippen LogP contribution in [0.1, 0.15) is 103 Å². The summed E-state index contributed by atoms with van der Waals surface area (Å²) in [5, 5.41) is 2.58. The van der Waals surface area contributed by atoms with Gasteiger partial charge in [-0.3, -0.25) is 0 Å². The molecule has 8 rings (SSSR count). The molecule has 2 heterocycles. The first-order chi connectivity index (χ1) is 25.6. The van der Waals surface area contributed by atoms with E-state index in [2.05, 4.69) is 189 Å². The van der Waals surface area contributed by atoms with Crippen molar-refractivity contribution in [3.8, 4) is 44.8 Å². The van der Waals surface area contributed by atoms with Crippen molar-refractivity contribution in [3.63, 3.8) is 0 Å². The van der Waals surface area contributed by atoms with E-state index in [4.69, 9.17) is 4.98 Å². The van der Waals surface area contributed by atoms with Gasteiger partial charge in [0.15, 0.2) is 0 Å². The molecule has 1 aliphatic carbocycles. The van der Waals surface area contributed by atoms with Crippen LogP contribution in [-0.2, 0) is 36.4 Å². The standard InChI is InChI=1S/C33H28N.C19H24N.Ir/c1-21(2)23-12-8-14-25(18-23)32-31-27(16-17-34-32)29-19-24-13-9-15-26(22-10-6-5-7-11-22)28(24)20-30(29)33(31,3)4;1-18(2,3)15-9-7-8-14(12-15)17-13-16(10-11-20-17)19(4,5)6;/h5-13,15-21H,1-4H3;7,9-13H,1-6H3;/q2*-1;. The van der Waals surface area contributed by atoms with E-state index in [0.29, 0.717) is 5.92 Å². The Morgan fingerprint density at radius 3 is 1.98 bits per heavy atom. The Hall–Kier alpha value is -4.69. The molecular weight excluding hydrogens is 845 g/mol. The number of rotatable bonds is 4. The molecule has 0 saturated heterocycles. The Morgan fingerprint density at radius 2 is 1.27 bits per heavy atom. The maximum atomic E-state index is 4.90. The van der Waals surface area contributed by atoms with E-state index < -0.39 is 0 Å². The van der Waals surface area contributed by atoms with Gasteiger partial charge in [-0.15, -0.1) is 70.8 Å². The predicted octanol–water partition coefficient (Wildman–Crippen LogP) is 13.9. The van der Waals surface area contributed by atoms with Gasteiger partial charge in [0.05, 0.1) is 0 Å². The molecule has 5 aromatic carbocycles. The minimum atomic E-state index is -0.159. The number of benzene rings is 5. The van der Waals surface area contributed by atoms with E-state index in [1.807, 2.05) is 24.5 Å². The van der Waals surface area contributed by atoms with Crippen LogP contribution < -0.4 is 0 Å². The normalized spacial score (nSPS) is 13.1. The number of hydrogen-bond acceptors (Lipinski definition) is 2. The van der Waals surface area contributed by atoms with Crippen molar-refractivity contribution in [2.24, 2.45) is 0 Å². The second-order valence-electron chi connectivity index (χ2n) is 17.6. The van der Waals surface area contributed by atoms with Crippen molar-refractivity contribution in [1.29, 1.82) is 0 Å². The Kier molecular flexibility index (Phi) is 11.2. The number of nitrogens with zero attached hydrogens (tertiary/aromatic N) is 2. The van der Waals surface area contributed by atoms with Crippen molar-refractivity contribution in [1.82, 2.24) is 9.97 Å². The molecule has 0 fully saturated rings. The summed E-state index contributed by atoms with van der Waals surface area (Å²) in [5.41, 5.74) is 16.1. The second kappa shape index (κ2) is 15.4. The zero-order chi connectivity index (χ0) is 38.4. The number of aromatic nitrogens is 2. The summed E-state index contributed by atoms with van der Waals surface area (Å²) in [6, 6.07) is 48.2. The topological polar surface area (TPSA) is 25.8 Å². The summed E-state index contributed by atoms with van der Waals surface area (Å²) in [7, 11) is 0. The summed E-state index contributed by atoms with van der Waals surface area (Å²) in [4.78, 5) is 9.42. The van der Waals surface area contributed by atoms with E-state index >= 15 is 0 Å². The zero-order valence-electron chi connectivity index (χ0n) is 33.9. The fraction of sp³-hybridized carbons (Fsp3) is 0.269. The van der Waals surface area contributed by atoms with Crippen molar-refractivity contribution in [2.45, 2.75) is 91.4 Å². The Balaban J connectivity index is 0.000000211. The molecule has 3 heteroatoms. The van der Waals surface area contributed by atoms with Gasteiger partial charge in [-0.25, -0.2) is 0 Å². The first-order valence-corrected chi connectivity index (χ1v) is 19.3. The molecule has 2 nitrogen and oxygen atoms in total.